The standard InChI is InChI=1S/C22H33NO15/c1-8(24)31-6-13-17(19(34-11(4)27)15(23)21(30)36-13)38-22-16(29)20(35-12(5)28)18(33-10(3)26)14(37-22)7-32-9(2)25/h13-22,29-30H,6-7,23H2,1-5H3. The molecular formula is C22H33NO15. The Bertz CT molecular complexity index is 881. The third-order valence-corrected chi connectivity index (χ3v) is 5.43. The number of aliphatic hydroxyl groups excluding tert-OH is 2. The van der Waals surface area contributed by atoms with Crippen LogP contribution in [0, 0.1) is 0 Å². The minimum Gasteiger partial charge on any atom is -0.463 e. The van der Waals surface area contributed by atoms with Crippen LogP contribution in [0.15, 0.2) is 0 Å². The fourth-order valence-corrected chi connectivity index (χ4v) is 3.93. The lowest BCUT2D eigenvalue weighted by Crippen LogP contribution is -2.67. The van der Waals surface area contributed by atoms with Crippen molar-refractivity contribution >= 4 is 29.8 Å². The Morgan fingerprint density at radius 1 is 0.658 bits per heavy atom. The van der Waals surface area contributed by atoms with Gasteiger partial charge >= 0.3 is 29.8 Å². The highest BCUT2D eigenvalue weighted by Crippen LogP contribution is 2.32. The lowest BCUT2D eigenvalue weighted by atomic mass is 9.95. The molecule has 2 rings (SSSR count). The minimum absolute atomic E-state index is 0.481. The maximum absolute atomic E-state index is 11.8. The molecule has 0 radical (unpaired) electrons. The van der Waals surface area contributed by atoms with Crippen molar-refractivity contribution in [1.82, 2.24) is 0 Å². The van der Waals surface area contributed by atoms with E-state index < -0.39 is 104 Å². The van der Waals surface area contributed by atoms with E-state index in [1.54, 1.807) is 0 Å². The predicted octanol–water partition coefficient (Wildman–Crippen LogP) is -2.58. The molecule has 2 aliphatic rings. The summed E-state index contributed by atoms with van der Waals surface area (Å²) in [6.07, 6.45) is -13.5. The van der Waals surface area contributed by atoms with Gasteiger partial charge in [0, 0.05) is 34.6 Å². The zero-order valence-corrected chi connectivity index (χ0v) is 21.5. The molecule has 38 heavy (non-hydrogen) atoms. The first kappa shape index (κ1) is 31.3. The summed E-state index contributed by atoms with van der Waals surface area (Å²) in [4.78, 5) is 58.1. The third-order valence-electron chi connectivity index (χ3n) is 5.43. The van der Waals surface area contributed by atoms with Gasteiger partial charge in [0.15, 0.2) is 30.9 Å². The molecule has 0 aromatic carbocycles. The SMILES string of the molecule is CC(=O)OCC1OC(O)C(N)C(OC(C)=O)C1OC1OC(COC(C)=O)C(OC(C)=O)C(OC(C)=O)C1O. The fourth-order valence-electron chi connectivity index (χ4n) is 3.93. The number of hydrogen-bond donors (Lipinski definition) is 3. The molecule has 0 amide bonds. The largest absolute Gasteiger partial charge is 0.463 e. The van der Waals surface area contributed by atoms with Gasteiger partial charge in [-0.3, -0.25) is 24.0 Å². The van der Waals surface area contributed by atoms with Crippen LogP contribution in [0.1, 0.15) is 34.6 Å². The quantitative estimate of drug-likeness (QED) is 0.197. The minimum atomic E-state index is -1.81. The van der Waals surface area contributed by atoms with Crippen molar-refractivity contribution in [3.05, 3.63) is 0 Å². The van der Waals surface area contributed by atoms with Gasteiger partial charge in [0.2, 0.25) is 0 Å². The van der Waals surface area contributed by atoms with Crippen molar-refractivity contribution < 1.29 is 72.1 Å². The molecule has 0 spiro atoms. The molecule has 16 nitrogen and oxygen atoms in total. The van der Waals surface area contributed by atoms with E-state index in [9.17, 15) is 34.2 Å². The number of carbonyl (C=O) groups excluding carboxylic acids is 5. The van der Waals surface area contributed by atoms with Crippen LogP contribution in [0.5, 0.6) is 0 Å². The zero-order chi connectivity index (χ0) is 28.7. The van der Waals surface area contributed by atoms with Gasteiger partial charge in [-0.25, -0.2) is 0 Å². The first-order chi connectivity index (χ1) is 17.7. The lowest BCUT2D eigenvalue weighted by molar-refractivity contribution is -0.345. The number of hydrogen-bond acceptors (Lipinski definition) is 16. The van der Waals surface area contributed by atoms with Crippen molar-refractivity contribution in [1.29, 1.82) is 0 Å². The first-order valence-electron chi connectivity index (χ1n) is 11.6. The van der Waals surface area contributed by atoms with Crippen molar-refractivity contribution in [3.8, 4) is 0 Å². The Balaban J connectivity index is 2.44. The van der Waals surface area contributed by atoms with Crippen molar-refractivity contribution in [2.45, 2.75) is 96.0 Å². The normalized spacial score (nSPS) is 34.9. The molecule has 2 heterocycles. The van der Waals surface area contributed by atoms with E-state index in [4.69, 9.17) is 43.6 Å². The molecule has 10 atom stereocenters. The third kappa shape index (κ3) is 8.57. The highest BCUT2D eigenvalue weighted by atomic mass is 16.7. The molecule has 0 aromatic rings. The average Bonchev–Trinajstić information content (AvgIpc) is 2.79. The predicted molar refractivity (Wildman–Crippen MR) is 118 cm³/mol. The van der Waals surface area contributed by atoms with Crippen molar-refractivity contribution in [2.24, 2.45) is 5.73 Å². The summed E-state index contributed by atoms with van der Waals surface area (Å²) in [5.74, 6) is -3.87. The maximum atomic E-state index is 11.8. The Labute approximate surface area is 217 Å². The molecule has 2 fully saturated rings. The molecule has 0 aromatic heterocycles. The van der Waals surface area contributed by atoms with Crippen LogP contribution >= 0.6 is 0 Å². The van der Waals surface area contributed by atoms with E-state index >= 15 is 0 Å². The number of ether oxygens (including phenoxy) is 8. The highest BCUT2D eigenvalue weighted by molar-refractivity contribution is 5.68. The summed E-state index contributed by atoms with van der Waals surface area (Å²) >= 11 is 0. The molecule has 0 bridgehead atoms. The number of esters is 5. The molecule has 216 valence electrons. The monoisotopic (exact) mass is 551 g/mol. The molecule has 16 heteroatoms. The summed E-state index contributed by atoms with van der Waals surface area (Å²) in [7, 11) is 0. The zero-order valence-electron chi connectivity index (χ0n) is 21.5. The molecule has 0 aliphatic carbocycles. The second-order valence-electron chi connectivity index (χ2n) is 8.60. The molecular weight excluding hydrogens is 518 g/mol. The molecule has 4 N–H and O–H groups in total. The van der Waals surface area contributed by atoms with Crippen LogP contribution in [0.3, 0.4) is 0 Å². The van der Waals surface area contributed by atoms with Gasteiger partial charge in [-0.15, -0.1) is 0 Å². The second kappa shape index (κ2) is 13.8. The van der Waals surface area contributed by atoms with E-state index in [1.807, 2.05) is 0 Å². The fraction of sp³-hybridized carbons (Fsp3) is 0.773. The smallest absolute Gasteiger partial charge is 0.303 e. The Kier molecular flexibility index (Phi) is 11.4. The summed E-state index contributed by atoms with van der Waals surface area (Å²) in [5, 5.41) is 21.3. The van der Waals surface area contributed by atoms with E-state index in [0.717, 1.165) is 34.6 Å². The van der Waals surface area contributed by atoms with Crippen LogP contribution in [0.25, 0.3) is 0 Å². The van der Waals surface area contributed by atoms with Gasteiger partial charge in [0.25, 0.3) is 0 Å². The number of nitrogens with two attached hydrogens (primary N) is 1. The molecule has 0 saturated carbocycles. The van der Waals surface area contributed by atoms with Crippen molar-refractivity contribution in [2.75, 3.05) is 13.2 Å². The maximum Gasteiger partial charge on any atom is 0.303 e. The Hall–Kier alpha value is -2.89. The Morgan fingerprint density at radius 3 is 1.58 bits per heavy atom. The molecule has 2 aliphatic heterocycles. The number of carbonyl (C=O) groups is 5. The van der Waals surface area contributed by atoms with E-state index in [-0.39, 0.29) is 0 Å². The van der Waals surface area contributed by atoms with E-state index in [1.165, 1.54) is 0 Å². The summed E-state index contributed by atoms with van der Waals surface area (Å²) in [5.41, 5.74) is 5.97. The van der Waals surface area contributed by atoms with Gasteiger partial charge in [0.1, 0.15) is 37.6 Å². The number of rotatable bonds is 9. The van der Waals surface area contributed by atoms with Crippen molar-refractivity contribution in [3.63, 3.8) is 0 Å². The topological polar surface area (TPSA) is 226 Å². The Morgan fingerprint density at radius 2 is 1.11 bits per heavy atom. The van der Waals surface area contributed by atoms with Gasteiger partial charge in [0.05, 0.1) is 6.04 Å². The highest BCUT2D eigenvalue weighted by Gasteiger charge is 2.54. The average molecular weight is 551 g/mol. The van der Waals surface area contributed by atoms with Crippen LogP contribution in [-0.4, -0.2) is 115 Å². The van der Waals surface area contributed by atoms with Crippen LogP contribution in [0.2, 0.25) is 0 Å². The van der Waals surface area contributed by atoms with Gasteiger partial charge in [-0.05, 0) is 0 Å². The number of aliphatic hydroxyl groups is 2. The summed E-state index contributed by atoms with van der Waals surface area (Å²) in [6, 6.07) is -1.34. The summed E-state index contributed by atoms with van der Waals surface area (Å²) in [6.45, 7) is 4.45. The van der Waals surface area contributed by atoms with E-state index in [2.05, 4.69) is 0 Å². The van der Waals surface area contributed by atoms with Gasteiger partial charge in [-0.1, -0.05) is 0 Å². The van der Waals surface area contributed by atoms with Crippen LogP contribution in [-0.2, 0) is 61.9 Å². The lowest BCUT2D eigenvalue weighted by Gasteiger charge is -2.47. The second-order valence-corrected chi connectivity index (χ2v) is 8.60. The molecule has 2 saturated heterocycles. The van der Waals surface area contributed by atoms with Crippen LogP contribution in [0.4, 0.5) is 0 Å². The van der Waals surface area contributed by atoms with Gasteiger partial charge in [-0.2, -0.15) is 0 Å². The van der Waals surface area contributed by atoms with Crippen LogP contribution < -0.4 is 5.73 Å². The molecule has 10 unspecified atom stereocenters. The van der Waals surface area contributed by atoms with Gasteiger partial charge < -0.3 is 53.8 Å². The van der Waals surface area contributed by atoms with E-state index in [0.29, 0.717) is 0 Å². The first-order valence-corrected chi connectivity index (χ1v) is 11.6. The summed E-state index contributed by atoms with van der Waals surface area (Å²) < 4.78 is 42.6.